The summed E-state index contributed by atoms with van der Waals surface area (Å²) in [6, 6.07) is 7.12. The van der Waals surface area contributed by atoms with E-state index in [1.165, 1.54) is 0 Å². The smallest absolute Gasteiger partial charge is 0.257 e. The average molecular weight is 352 g/mol. The summed E-state index contributed by atoms with van der Waals surface area (Å²) in [6.07, 6.45) is 4.21. The van der Waals surface area contributed by atoms with Crippen LogP contribution in [0.1, 0.15) is 27.7 Å². The van der Waals surface area contributed by atoms with E-state index in [9.17, 15) is 9.59 Å². The molecule has 3 heterocycles. The number of aromatic nitrogens is 3. The van der Waals surface area contributed by atoms with E-state index >= 15 is 0 Å². The Morgan fingerprint density at radius 2 is 2.23 bits per heavy atom. The number of hydrogen-bond donors (Lipinski definition) is 1. The number of rotatable bonds is 5. The summed E-state index contributed by atoms with van der Waals surface area (Å²) in [4.78, 5) is 25.7. The summed E-state index contributed by atoms with van der Waals surface area (Å²) < 4.78 is 8.91. The minimum Gasteiger partial charge on any atom is -0.382 e. The highest BCUT2D eigenvalue weighted by Crippen LogP contribution is 2.24. The number of carbonyl (C=O) groups excluding carboxylic acids is 1. The molecule has 134 valence electrons. The van der Waals surface area contributed by atoms with Gasteiger partial charge in [0, 0.05) is 38.5 Å². The van der Waals surface area contributed by atoms with Crippen LogP contribution in [0.25, 0.3) is 10.9 Å². The van der Waals surface area contributed by atoms with Crippen LogP contribution >= 0.6 is 0 Å². The molecule has 0 aliphatic carbocycles. The average Bonchev–Trinajstić information content (AvgIpc) is 3.24. The number of para-hydroxylation sites is 1. The van der Waals surface area contributed by atoms with Gasteiger partial charge in [0.25, 0.3) is 5.91 Å². The highest BCUT2D eigenvalue weighted by Gasteiger charge is 2.23. The standard InChI is InChI=1S/C19H20N4O3/c1-22-16(6-8-20-22)15(11-26-2)21-19(25)14-10-23-9-7-12-4-3-5-13(17(12)23)18(14)24/h3-6,8,10,15H,7,9,11H2,1-2H3,(H,21,25)/t15-/m0/s1. The summed E-state index contributed by atoms with van der Waals surface area (Å²) in [6.45, 7) is 1.07. The third-order valence-electron chi connectivity index (χ3n) is 4.90. The lowest BCUT2D eigenvalue weighted by atomic mass is 10.1. The van der Waals surface area contributed by atoms with E-state index in [0.717, 1.165) is 29.7 Å². The second kappa shape index (κ2) is 6.42. The molecule has 0 saturated heterocycles. The number of ether oxygens (including phenoxy) is 1. The molecule has 3 aromatic rings. The van der Waals surface area contributed by atoms with Crippen LogP contribution < -0.4 is 10.7 Å². The van der Waals surface area contributed by atoms with Crippen molar-refractivity contribution in [3.8, 4) is 0 Å². The number of nitrogens with one attached hydrogen (secondary N) is 1. The lowest BCUT2D eigenvalue weighted by Crippen LogP contribution is -2.35. The van der Waals surface area contributed by atoms with Crippen molar-refractivity contribution in [2.75, 3.05) is 13.7 Å². The third-order valence-corrected chi connectivity index (χ3v) is 4.90. The molecule has 2 aromatic heterocycles. The topological polar surface area (TPSA) is 78.2 Å². The fourth-order valence-corrected chi connectivity index (χ4v) is 3.65. The first-order valence-corrected chi connectivity index (χ1v) is 8.53. The highest BCUT2D eigenvalue weighted by molar-refractivity contribution is 5.98. The Balaban J connectivity index is 1.72. The minimum absolute atomic E-state index is 0.153. The van der Waals surface area contributed by atoms with Gasteiger partial charge in [0.2, 0.25) is 5.43 Å². The van der Waals surface area contributed by atoms with Crippen molar-refractivity contribution >= 4 is 16.8 Å². The first-order chi connectivity index (χ1) is 12.6. The van der Waals surface area contributed by atoms with E-state index in [1.807, 2.05) is 22.8 Å². The lowest BCUT2D eigenvalue weighted by molar-refractivity contribution is 0.0890. The van der Waals surface area contributed by atoms with E-state index in [1.54, 1.807) is 37.3 Å². The molecule has 0 radical (unpaired) electrons. The number of methoxy groups -OCH3 is 1. The molecule has 0 fully saturated rings. The Morgan fingerprint density at radius 1 is 1.38 bits per heavy atom. The Labute approximate surface area is 150 Å². The quantitative estimate of drug-likeness (QED) is 0.753. The molecule has 7 nitrogen and oxygen atoms in total. The summed E-state index contributed by atoms with van der Waals surface area (Å²) in [5.41, 5.74) is 2.82. The molecule has 1 aliphatic heterocycles. The third kappa shape index (κ3) is 2.61. The Kier molecular flexibility index (Phi) is 4.08. The van der Waals surface area contributed by atoms with Crippen LogP contribution in [0.5, 0.6) is 0 Å². The van der Waals surface area contributed by atoms with Crippen molar-refractivity contribution < 1.29 is 9.53 Å². The van der Waals surface area contributed by atoms with Gasteiger partial charge >= 0.3 is 0 Å². The van der Waals surface area contributed by atoms with Gasteiger partial charge in [-0.15, -0.1) is 0 Å². The van der Waals surface area contributed by atoms with Crippen LogP contribution in [-0.2, 0) is 24.8 Å². The predicted molar refractivity (Wildman–Crippen MR) is 97.2 cm³/mol. The van der Waals surface area contributed by atoms with Gasteiger partial charge in [-0.3, -0.25) is 14.3 Å². The lowest BCUT2D eigenvalue weighted by Gasteiger charge is -2.18. The Bertz CT molecular complexity index is 1050. The van der Waals surface area contributed by atoms with E-state index < -0.39 is 5.91 Å². The van der Waals surface area contributed by atoms with Crippen molar-refractivity contribution in [1.29, 1.82) is 0 Å². The molecule has 0 spiro atoms. The Morgan fingerprint density at radius 3 is 2.96 bits per heavy atom. The van der Waals surface area contributed by atoms with E-state index in [-0.39, 0.29) is 23.6 Å². The van der Waals surface area contributed by atoms with Gasteiger partial charge in [0.15, 0.2) is 0 Å². The number of amides is 1. The second-order valence-corrected chi connectivity index (χ2v) is 6.49. The van der Waals surface area contributed by atoms with Crippen molar-refractivity contribution in [3.05, 3.63) is 63.7 Å². The maximum atomic E-state index is 12.9. The van der Waals surface area contributed by atoms with Gasteiger partial charge in [0.1, 0.15) is 5.56 Å². The molecule has 0 saturated carbocycles. The minimum atomic E-state index is -0.402. The summed E-state index contributed by atoms with van der Waals surface area (Å²) in [5.74, 6) is -0.402. The number of hydrogen-bond acceptors (Lipinski definition) is 4. The maximum absolute atomic E-state index is 12.9. The largest absolute Gasteiger partial charge is 0.382 e. The molecule has 1 N–H and O–H groups in total. The summed E-state index contributed by atoms with van der Waals surface area (Å²) in [7, 11) is 3.37. The van der Waals surface area contributed by atoms with E-state index in [0.29, 0.717) is 5.39 Å². The first-order valence-electron chi connectivity index (χ1n) is 8.53. The van der Waals surface area contributed by atoms with Crippen LogP contribution in [0.2, 0.25) is 0 Å². The molecular weight excluding hydrogens is 332 g/mol. The van der Waals surface area contributed by atoms with Gasteiger partial charge < -0.3 is 14.6 Å². The van der Waals surface area contributed by atoms with Crippen molar-refractivity contribution in [2.24, 2.45) is 7.05 Å². The van der Waals surface area contributed by atoms with Crippen LogP contribution in [0.4, 0.5) is 0 Å². The zero-order chi connectivity index (χ0) is 18.3. The van der Waals surface area contributed by atoms with Gasteiger partial charge in [-0.2, -0.15) is 5.10 Å². The highest BCUT2D eigenvalue weighted by atomic mass is 16.5. The fourth-order valence-electron chi connectivity index (χ4n) is 3.65. The molecule has 0 unspecified atom stereocenters. The number of aryl methyl sites for hydroxylation is 3. The number of nitrogens with zero attached hydrogens (tertiary/aromatic N) is 3. The number of benzene rings is 1. The zero-order valence-electron chi connectivity index (χ0n) is 14.7. The second-order valence-electron chi connectivity index (χ2n) is 6.49. The molecule has 1 aliphatic rings. The monoisotopic (exact) mass is 352 g/mol. The van der Waals surface area contributed by atoms with E-state index in [2.05, 4.69) is 10.4 Å². The molecule has 26 heavy (non-hydrogen) atoms. The summed E-state index contributed by atoms with van der Waals surface area (Å²) >= 11 is 0. The van der Waals surface area contributed by atoms with Gasteiger partial charge in [-0.05, 0) is 24.1 Å². The van der Waals surface area contributed by atoms with Crippen LogP contribution in [0, 0.1) is 0 Å². The SMILES string of the molecule is COC[C@H](NC(=O)c1cn2c3c(cccc3c1=O)CC2)c1ccnn1C. The van der Waals surface area contributed by atoms with Gasteiger partial charge in [0.05, 0.1) is 23.9 Å². The van der Waals surface area contributed by atoms with Gasteiger partial charge in [-0.1, -0.05) is 12.1 Å². The van der Waals surface area contributed by atoms with Crippen molar-refractivity contribution in [2.45, 2.75) is 19.0 Å². The zero-order valence-corrected chi connectivity index (χ0v) is 14.7. The molecule has 4 rings (SSSR count). The van der Waals surface area contributed by atoms with E-state index in [4.69, 9.17) is 4.74 Å². The van der Waals surface area contributed by atoms with Crippen LogP contribution in [0.3, 0.4) is 0 Å². The normalized spacial score (nSPS) is 13.9. The maximum Gasteiger partial charge on any atom is 0.257 e. The van der Waals surface area contributed by atoms with Crippen molar-refractivity contribution in [1.82, 2.24) is 19.7 Å². The molecule has 1 amide bonds. The molecule has 1 atom stereocenters. The predicted octanol–water partition coefficient (Wildman–Crippen LogP) is 1.41. The molecular formula is C19H20N4O3. The molecule has 0 bridgehead atoms. The van der Waals surface area contributed by atoms with Crippen LogP contribution in [-0.4, -0.2) is 34.0 Å². The first kappa shape index (κ1) is 16.5. The molecule has 1 aromatic carbocycles. The van der Waals surface area contributed by atoms with Crippen molar-refractivity contribution in [3.63, 3.8) is 0 Å². The Hall–Kier alpha value is -2.93. The summed E-state index contributed by atoms with van der Waals surface area (Å²) in [5, 5.41) is 7.64. The van der Waals surface area contributed by atoms with Gasteiger partial charge in [-0.25, -0.2) is 0 Å². The fraction of sp³-hybridized carbons (Fsp3) is 0.316. The molecule has 7 heteroatoms. The van der Waals surface area contributed by atoms with Crippen LogP contribution in [0.15, 0.2) is 41.5 Å². The number of carbonyl (C=O) groups is 1. The number of pyridine rings is 1.